The SMILES string of the molecule is CCCCCNC(=O)c1ccc(C)cc1F. The van der Waals surface area contributed by atoms with Gasteiger partial charge in [-0.05, 0) is 31.0 Å². The molecule has 0 aromatic heterocycles. The summed E-state index contributed by atoms with van der Waals surface area (Å²) in [5.74, 6) is -0.776. The molecule has 1 aromatic rings. The number of nitrogens with one attached hydrogen (secondary N) is 1. The molecule has 0 aliphatic rings. The van der Waals surface area contributed by atoms with E-state index in [9.17, 15) is 9.18 Å². The van der Waals surface area contributed by atoms with Crippen LogP contribution in [0.5, 0.6) is 0 Å². The highest BCUT2D eigenvalue weighted by Crippen LogP contribution is 2.09. The summed E-state index contributed by atoms with van der Waals surface area (Å²) in [6.07, 6.45) is 3.13. The van der Waals surface area contributed by atoms with Crippen LogP contribution in [-0.4, -0.2) is 12.5 Å². The van der Waals surface area contributed by atoms with Crippen molar-refractivity contribution in [2.75, 3.05) is 6.54 Å². The van der Waals surface area contributed by atoms with E-state index in [-0.39, 0.29) is 11.5 Å². The minimum absolute atomic E-state index is 0.127. The Hall–Kier alpha value is -1.38. The van der Waals surface area contributed by atoms with E-state index in [0.29, 0.717) is 6.54 Å². The van der Waals surface area contributed by atoms with Gasteiger partial charge in [0.25, 0.3) is 5.91 Å². The van der Waals surface area contributed by atoms with Gasteiger partial charge < -0.3 is 5.32 Å². The second-order valence-electron chi connectivity index (χ2n) is 3.95. The molecule has 1 N–H and O–H groups in total. The maximum absolute atomic E-state index is 13.4. The number of hydrogen-bond acceptors (Lipinski definition) is 1. The van der Waals surface area contributed by atoms with Crippen LogP contribution in [0.3, 0.4) is 0 Å². The minimum Gasteiger partial charge on any atom is -0.352 e. The van der Waals surface area contributed by atoms with Crippen LogP contribution in [0, 0.1) is 12.7 Å². The predicted octanol–water partition coefficient (Wildman–Crippen LogP) is 3.05. The highest BCUT2D eigenvalue weighted by atomic mass is 19.1. The molecule has 0 spiro atoms. The van der Waals surface area contributed by atoms with Gasteiger partial charge >= 0.3 is 0 Å². The Morgan fingerprint density at radius 2 is 2.12 bits per heavy atom. The fraction of sp³-hybridized carbons (Fsp3) is 0.462. The van der Waals surface area contributed by atoms with Gasteiger partial charge in [-0.2, -0.15) is 0 Å². The molecule has 1 amide bonds. The molecule has 88 valence electrons. The minimum atomic E-state index is -0.451. The van der Waals surface area contributed by atoms with E-state index in [2.05, 4.69) is 12.2 Å². The van der Waals surface area contributed by atoms with Crippen molar-refractivity contribution in [3.05, 3.63) is 35.1 Å². The van der Waals surface area contributed by atoms with Gasteiger partial charge in [0.05, 0.1) is 5.56 Å². The third-order valence-corrected chi connectivity index (χ3v) is 2.44. The van der Waals surface area contributed by atoms with E-state index in [1.807, 2.05) is 0 Å². The van der Waals surface area contributed by atoms with Gasteiger partial charge in [0.15, 0.2) is 0 Å². The molecule has 0 bridgehead atoms. The van der Waals surface area contributed by atoms with Crippen molar-refractivity contribution in [1.82, 2.24) is 5.32 Å². The number of carbonyl (C=O) groups excluding carboxylic acids is 1. The largest absolute Gasteiger partial charge is 0.352 e. The van der Waals surface area contributed by atoms with E-state index in [1.165, 1.54) is 12.1 Å². The first kappa shape index (κ1) is 12.7. The third kappa shape index (κ3) is 3.65. The zero-order valence-corrected chi connectivity index (χ0v) is 9.85. The molecule has 0 radical (unpaired) electrons. The Morgan fingerprint density at radius 1 is 1.38 bits per heavy atom. The molecule has 0 saturated heterocycles. The maximum atomic E-state index is 13.4. The number of amides is 1. The molecule has 0 heterocycles. The van der Waals surface area contributed by atoms with Crippen molar-refractivity contribution in [3.63, 3.8) is 0 Å². The van der Waals surface area contributed by atoms with Gasteiger partial charge in [-0.1, -0.05) is 25.8 Å². The summed E-state index contributed by atoms with van der Waals surface area (Å²) < 4.78 is 13.4. The smallest absolute Gasteiger partial charge is 0.254 e. The van der Waals surface area contributed by atoms with Crippen LogP contribution >= 0.6 is 0 Å². The Labute approximate surface area is 95.9 Å². The first-order chi connectivity index (χ1) is 7.65. The van der Waals surface area contributed by atoms with Crippen LogP contribution < -0.4 is 5.32 Å². The molecule has 16 heavy (non-hydrogen) atoms. The standard InChI is InChI=1S/C13H18FNO/c1-3-4-5-8-15-13(16)11-7-6-10(2)9-12(11)14/h6-7,9H,3-5,8H2,1-2H3,(H,15,16). The molecular formula is C13H18FNO. The highest BCUT2D eigenvalue weighted by molar-refractivity contribution is 5.94. The molecule has 3 heteroatoms. The first-order valence-electron chi connectivity index (χ1n) is 5.69. The molecule has 0 atom stereocenters. The molecule has 0 aliphatic heterocycles. The van der Waals surface area contributed by atoms with Gasteiger partial charge in [-0.15, -0.1) is 0 Å². The molecule has 0 aliphatic carbocycles. The Kier molecular flexibility index (Phi) is 4.96. The lowest BCUT2D eigenvalue weighted by molar-refractivity contribution is 0.0949. The number of halogens is 1. The van der Waals surface area contributed by atoms with E-state index < -0.39 is 5.82 Å². The summed E-state index contributed by atoms with van der Waals surface area (Å²) in [7, 11) is 0. The van der Waals surface area contributed by atoms with Crippen LogP contribution in [0.25, 0.3) is 0 Å². The number of unbranched alkanes of at least 4 members (excludes halogenated alkanes) is 2. The summed E-state index contributed by atoms with van der Waals surface area (Å²) in [5.41, 5.74) is 0.946. The summed E-state index contributed by atoms with van der Waals surface area (Å²) in [5, 5.41) is 2.72. The van der Waals surface area contributed by atoms with Crippen LogP contribution in [0.2, 0.25) is 0 Å². The van der Waals surface area contributed by atoms with Crippen molar-refractivity contribution >= 4 is 5.91 Å². The lowest BCUT2D eigenvalue weighted by Gasteiger charge is -2.06. The summed E-state index contributed by atoms with van der Waals surface area (Å²) in [6, 6.07) is 4.64. The van der Waals surface area contributed by atoms with Gasteiger partial charge in [0.1, 0.15) is 5.82 Å². The second kappa shape index (κ2) is 6.26. The zero-order valence-electron chi connectivity index (χ0n) is 9.85. The summed E-state index contributed by atoms with van der Waals surface area (Å²) in [4.78, 5) is 11.6. The van der Waals surface area contributed by atoms with Crippen LogP contribution in [0.15, 0.2) is 18.2 Å². The van der Waals surface area contributed by atoms with Gasteiger partial charge in [-0.25, -0.2) is 4.39 Å². The van der Waals surface area contributed by atoms with E-state index in [0.717, 1.165) is 24.8 Å². The van der Waals surface area contributed by atoms with Crippen LogP contribution in [0.4, 0.5) is 4.39 Å². The number of hydrogen-bond donors (Lipinski definition) is 1. The third-order valence-electron chi connectivity index (χ3n) is 2.44. The van der Waals surface area contributed by atoms with Crippen molar-refractivity contribution < 1.29 is 9.18 Å². The molecule has 0 fully saturated rings. The lowest BCUT2D eigenvalue weighted by atomic mass is 10.1. The topological polar surface area (TPSA) is 29.1 Å². The molecular weight excluding hydrogens is 205 g/mol. The quantitative estimate of drug-likeness (QED) is 0.764. The number of carbonyl (C=O) groups is 1. The van der Waals surface area contributed by atoms with Crippen molar-refractivity contribution in [1.29, 1.82) is 0 Å². The van der Waals surface area contributed by atoms with E-state index in [1.54, 1.807) is 13.0 Å². The normalized spacial score (nSPS) is 10.2. The zero-order chi connectivity index (χ0) is 12.0. The Morgan fingerprint density at radius 3 is 2.75 bits per heavy atom. The van der Waals surface area contributed by atoms with Crippen molar-refractivity contribution in [2.45, 2.75) is 33.1 Å². The van der Waals surface area contributed by atoms with Gasteiger partial charge in [-0.3, -0.25) is 4.79 Å². The Balaban J connectivity index is 2.53. The average Bonchev–Trinajstić information content (AvgIpc) is 2.24. The van der Waals surface area contributed by atoms with Gasteiger partial charge in [0.2, 0.25) is 0 Å². The first-order valence-corrected chi connectivity index (χ1v) is 5.69. The highest BCUT2D eigenvalue weighted by Gasteiger charge is 2.10. The summed E-state index contributed by atoms with van der Waals surface area (Å²) in [6.45, 7) is 4.51. The molecule has 0 unspecified atom stereocenters. The van der Waals surface area contributed by atoms with Gasteiger partial charge in [0, 0.05) is 6.54 Å². The average molecular weight is 223 g/mol. The maximum Gasteiger partial charge on any atom is 0.254 e. The van der Waals surface area contributed by atoms with E-state index in [4.69, 9.17) is 0 Å². The fourth-order valence-electron chi connectivity index (χ4n) is 1.48. The monoisotopic (exact) mass is 223 g/mol. The predicted molar refractivity (Wildman–Crippen MR) is 63.0 cm³/mol. The lowest BCUT2D eigenvalue weighted by Crippen LogP contribution is -2.25. The number of aryl methyl sites for hydroxylation is 1. The fourth-order valence-corrected chi connectivity index (χ4v) is 1.48. The van der Waals surface area contributed by atoms with Crippen LogP contribution in [0.1, 0.15) is 42.1 Å². The Bertz CT molecular complexity index is 363. The number of benzene rings is 1. The van der Waals surface area contributed by atoms with E-state index >= 15 is 0 Å². The van der Waals surface area contributed by atoms with Crippen molar-refractivity contribution in [2.24, 2.45) is 0 Å². The molecule has 0 saturated carbocycles. The van der Waals surface area contributed by atoms with Crippen LogP contribution in [-0.2, 0) is 0 Å². The number of rotatable bonds is 5. The molecule has 1 aromatic carbocycles. The molecule has 1 rings (SSSR count). The second-order valence-corrected chi connectivity index (χ2v) is 3.95. The van der Waals surface area contributed by atoms with Crippen molar-refractivity contribution in [3.8, 4) is 0 Å². The summed E-state index contributed by atoms with van der Waals surface area (Å²) >= 11 is 0. The molecule has 2 nitrogen and oxygen atoms in total.